The van der Waals surface area contributed by atoms with Gasteiger partial charge in [0.1, 0.15) is 17.6 Å². The monoisotopic (exact) mass is 300 g/mol. The second-order valence-electron chi connectivity index (χ2n) is 4.39. The van der Waals surface area contributed by atoms with Gasteiger partial charge in [0.15, 0.2) is 6.61 Å². The summed E-state index contributed by atoms with van der Waals surface area (Å²) in [5, 5.41) is 15.9. The van der Waals surface area contributed by atoms with E-state index in [2.05, 4.69) is 15.2 Å². The van der Waals surface area contributed by atoms with Crippen LogP contribution in [0.3, 0.4) is 0 Å². The fourth-order valence-electron chi connectivity index (χ4n) is 2.23. The predicted octanol–water partition coefficient (Wildman–Crippen LogP) is 3.93. The number of aromatic nitrogens is 3. The minimum atomic E-state index is -0.320. The lowest BCUT2D eigenvalue weighted by Crippen LogP contribution is -1.96. The largest absolute Gasteiger partial charge is 0.478 e. The van der Waals surface area contributed by atoms with E-state index in [9.17, 15) is 4.39 Å². The van der Waals surface area contributed by atoms with Crippen molar-refractivity contribution < 1.29 is 9.13 Å². The van der Waals surface area contributed by atoms with E-state index in [1.54, 1.807) is 31.6 Å². The highest BCUT2D eigenvalue weighted by molar-refractivity contribution is 6.00. The number of aryl methyl sites for hydroxylation is 1. The molecule has 0 aliphatic heterocycles. The second-order valence-corrected chi connectivity index (χ2v) is 4.39. The van der Waals surface area contributed by atoms with Gasteiger partial charge < -0.3 is 9.72 Å². The topological polar surface area (TPSA) is 77.5 Å². The highest BCUT2D eigenvalue weighted by Crippen LogP contribution is 2.37. The summed E-state index contributed by atoms with van der Waals surface area (Å²) in [5.41, 5.74) is 2.43. The first kappa shape index (κ1) is 15.6. The zero-order valence-electron chi connectivity index (χ0n) is 12.7. The van der Waals surface area contributed by atoms with E-state index in [4.69, 9.17) is 10.00 Å². The molecule has 3 rings (SSSR count). The molecule has 0 saturated heterocycles. The third-order valence-corrected chi connectivity index (χ3v) is 3.14. The number of H-pyrrole nitrogens is 2. The summed E-state index contributed by atoms with van der Waals surface area (Å²) in [6.45, 7) is 5.57. The zero-order chi connectivity index (χ0) is 16.1. The van der Waals surface area contributed by atoms with Gasteiger partial charge in [0.25, 0.3) is 0 Å². The zero-order valence-corrected chi connectivity index (χ0v) is 12.7. The number of fused-ring (bicyclic) bond motifs is 1. The molecule has 0 fully saturated rings. The number of aromatic amines is 2. The van der Waals surface area contributed by atoms with Crippen LogP contribution in [-0.4, -0.2) is 21.8 Å². The van der Waals surface area contributed by atoms with Gasteiger partial charge in [-0.2, -0.15) is 10.4 Å². The van der Waals surface area contributed by atoms with Crippen LogP contribution in [0, 0.1) is 24.1 Å². The normalized spacial score (nSPS) is 9.95. The summed E-state index contributed by atoms with van der Waals surface area (Å²) < 4.78 is 19.6. The van der Waals surface area contributed by atoms with Crippen molar-refractivity contribution in [2.45, 2.75) is 20.8 Å². The molecule has 6 heteroatoms. The van der Waals surface area contributed by atoms with Crippen LogP contribution in [0.15, 0.2) is 24.7 Å². The molecule has 0 aliphatic carbocycles. The fraction of sp³-hybridized carbons (Fsp3) is 0.250. The van der Waals surface area contributed by atoms with Crippen molar-refractivity contribution in [3.8, 4) is 22.9 Å². The molecule has 3 aromatic rings. The molecule has 1 aromatic carbocycles. The summed E-state index contributed by atoms with van der Waals surface area (Å²) in [6, 6.07) is 3.52. The van der Waals surface area contributed by atoms with Gasteiger partial charge in [0, 0.05) is 23.5 Å². The Kier molecular flexibility index (Phi) is 4.79. The van der Waals surface area contributed by atoms with E-state index in [0.29, 0.717) is 22.2 Å². The smallest absolute Gasteiger partial charge is 0.174 e. The van der Waals surface area contributed by atoms with Gasteiger partial charge in [-0.15, -0.1) is 0 Å². The molecule has 0 spiro atoms. The Hall–Kier alpha value is -2.81. The van der Waals surface area contributed by atoms with Gasteiger partial charge in [0.05, 0.1) is 17.1 Å². The summed E-state index contributed by atoms with van der Waals surface area (Å²) in [4.78, 5) is 2.92. The van der Waals surface area contributed by atoms with Crippen LogP contribution in [0.1, 0.15) is 19.4 Å². The Bertz CT molecular complexity index is 800. The van der Waals surface area contributed by atoms with Crippen molar-refractivity contribution in [1.29, 1.82) is 5.26 Å². The Balaban J connectivity index is 0.000000847. The Labute approximate surface area is 127 Å². The van der Waals surface area contributed by atoms with Crippen molar-refractivity contribution in [1.82, 2.24) is 15.2 Å². The average molecular weight is 300 g/mol. The lowest BCUT2D eigenvalue weighted by molar-refractivity contribution is 0.372. The van der Waals surface area contributed by atoms with Gasteiger partial charge in [-0.1, -0.05) is 13.8 Å². The number of benzene rings is 1. The van der Waals surface area contributed by atoms with Gasteiger partial charge in [-0.25, -0.2) is 4.39 Å². The standard InChI is InChI=1S/C14H11FN4O.C2H6/c1-8-4-11(20-3-2-16)12-10(9-5-18-19-6-9)7-17-14(12)13(8)15;1-2/h4-7,17H,3H2,1H3,(H,18,19);1-2H3. The molecule has 2 heterocycles. The van der Waals surface area contributed by atoms with Crippen molar-refractivity contribution in [2.24, 2.45) is 0 Å². The first-order valence-corrected chi connectivity index (χ1v) is 7.01. The Morgan fingerprint density at radius 2 is 2.14 bits per heavy atom. The SMILES string of the molecule is CC.Cc1cc(OCC#N)c2c(-c3cn[nH]c3)c[nH]c2c1F. The number of nitrogens with one attached hydrogen (secondary N) is 2. The number of hydrogen-bond acceptors (Lipinski definition) is 3. The summed E-state index contributed by atoms with van der Waals surface area (Å²) in [5.74, 6) is 0.164. The van der Waals surface area contributed by atoms with E-state index in [1.807, 2.05) is 19.9 Å². The molecule has 0 atom stereocenters. The molecule has 0 amide bonds. The quantitative estimate of drug-likeness (QED) is 0.769. The number of ether oxygens (including phenoxy) is 1. The van der Waals surface area contributed by atoms with Crippen molar-refractivity contribution in [3.05, 3.63) is 36.0 Å². The molecule has 5 nitrogen and oxygen atoms in total. The van der Waals surface area contributed by atoms with Crippen LogP contribution < -0.4 is 4.74 Å². The maximum Gasteiger partial charge on any atom is 0.174 e. The van der Waals surface area contributed by atoms with Gasteiger partial charge in [-0.05, 0) is 18.6 Å². The predicted molar refractivity (Wildman–Crippen MR) is 83.0 cm³/mol. The molecular formula is C16H17FN4O. The lowest BCUT2D eigenvalue weighted by Gasteiger charge is -2.08. The third kappa shape index (κ3) is 2.66. The number of hydrogen-bond donors (Lipinski definition) is 2. The van der Waals surface area contributed by atoms with Crippen LogP contribution in [0.4, 0.5) is 4.39 Å². The van der Waals surface area contributed by atoms with Crippen molar-refractivity contribution in [2.75, 3.05) is 6.61 Å². The van der Waals surface area contributed by atoms with Crippen LogP contribution in [0.5, 0.6) is 5.75 Å². The number of rotatable bonds is 3. The van der Waals surface area contributed by atoms with E-state index in [0.717, 1.165) is 11.1 Å². The molecule has 2 aromatic heterocycles. The first-order chi connectivity index (χ1) is 10.7. The first-order valence-electron chi connectivity index (χ1n) is 7.01. The highest BCUT2D eigenvalue weighted by Gasteiger charge is 2.17. The Morgan fingerprint density at radius 1 is 1.36 bits per heavy atom. The average Bonchev–Trinajstić information content (AvgIpc) is 3.20. The highest BCUT2D eigenvalue weighted by atomic mass is 19.1. The van der Waals surface area contributed by atoms with Crippen molar-refractivity contribution in [3.63, 3.8) is 0 Å². The minimum absolute atomic E-state index is 0.0871. The maximum absolute atomic E-state index is 14.2. The third-order valence-electron chi connectivity index (χ3n) is 3.14. The molecule has 22 heavy (non-hydrogen) atoms. The fourth-order valence-corrected chi connectivity index (χ4v) is 2.23. The molecule has 0 aliphatic rings. The second kappa shape index (κ2) is 6.76. The molecule has 114 valence electrons. The molecule has 0 bridgehead atoms. The maximum atomic E-state index is 14.2. The van der Waals surface area contributed by atoms with Gasteiger partial charge in [0.2, 0.25) is 0 Å². The van der Waals surface area contributed by atoms with E-state index < -0.39 is 0 Å². The van der Waals surface area contributed by atoms with E-state index in [-0.39, 0.29) is 12.4 Å². The minimum Gasteiger partial charge on any atom is -0.478 e. The number of nitrogens with zero attached hydrogens (tertiary/aromatic N) is 2. The van der Waals surface area contributed by atoms with Crippen molar-refractivity contribution >= 4 is 10.9 Å². The number of halogens is 1. The molecule has 0 unspecified atom stereocenters. The number of nitriles is 1. The van der Waals surface area contributed by atoms with Crippen LogP contribution in [-0.2, 0) is 0 Å². The molecule has 0 radical (unpaired) electrons. The van der Waals surface area contributed by atoms with Crippen LogP contribution >= 0.6 is 0 Å². The lowest BCUT2D eigenvalue weighted by atomic mass is 10.1. The molecule has 2 N–H and O–H groups in total. The van der Waals surface area contributed by atoms with Gasteiger partial charge >= 0.3 is 0 Å². The van der Waals surface area contributed by atoms with Crippen LogP contribution in [0.2, 0.25) is 0 Å². The molecular weight excluding hydrogens is 283 g/mol. The Morgan fingerprint density at radius 3 is 2.77 bits per heavy atom. The van der Waals surface area contributed by atoms with E-state index in [1.165, 1.54) is 0 Å². The van der Waals surface area contributed by atoms with Gasteiger partial charge in [-0.3, -0.25) is 5.10 Å². The summed E-state index contributed by atoms with van der Waals surface area (Å²) in [7, 11) is 0. The van der Waals surface area contributed by atoms with E-state index >= 15 is 0 Å². The summed E-state index contributed by atoms with van der Waals surface area (Å²) in [6.07, 6.45) is 5.07. The summed E-state index contributed by atoms with van der Waals surface area (Å²) >= 11 is 0. The molecule has 0 saturated carbocycles. The van der Waals surface area contributed by atoms with Crippen LogP contribution in [0.25, 0.3) is 22.0 Å².